The first kappa shape index (κ1) is 15.6. The maximum Gasteiger partial charge on any atom is 0.317 e. The van der Waals surface area contributed by atoms with E-state index in [4.69, 9.17) is 0 Å². The number of carbonyl (C=O) groups is 1. The molecule has 1 aliphatic heterocycles. The molecule has 2 amide bonds. The number of urea groups is 1. The fraction of sp³-hybridized carbons (Fsp3) is 0.444. The van der Waals surface area contributed by atoms with Crippen molar-refractivity contribution in [1.29, 1.82) is 0 Å². The Labute approximate surface area is 146 Å². The van der Waals surface area contributed by atoms with Gasteiger partial charge in [-0.05, 0) is 17.5 Å². The zero-order chi connectivity index (χ0) is 16.5. The Hall–Kier alpha value is -1.95. The number of fused-ring (bicyclic) bond motifs is 1. The van der Waals surface area contributed by atoms with Crippen molar-refractivity contribution in [3.63, 3.8) is 0 Å². The predicted molar refractivity (Wildman–Crippen MR) is 96.3 cm³/mol. The molecule has 2 atom stereocenters. The van der Waals surface area contributed by atoms with Gasteiger partial charge in [-0.3, -0.25) is 4.68 Å². The van der Waals surface area contributed by atoms with Gasteiger partial charge in [0.05, 0.1) is 12.2 Å². The van der Waals surface area contributed by atoms with Gasteiger partial charge in [-0.15, -0.1) is 0 Å². The SMILES string of the molecule is Cn1cc([C@H]2CSCCN2C(=O)NC[C@H]2Cc3ccccc32)cn1. The van der Waals surface area contributed by atoms with Crippen molar-refractivity contribution in [3.05, 3.63) is 53.3 Å². The minimum absolute atomic E-state index is 0.0496. The third kappa shape index (κ3) is 2.90. The molecule has 6 heteroatoms. The molecule has 24 heavy (non-hydrogen) atoms. The summed E-state index contributed by atoms with van der Waals surface area (Å²) >= 11 is 1.90. The molecule has 1 aromatic carbocycles. The Balaban J connectivity index is 1.39. The van der Waals surface area contributed by atoms with Crippen molar-refractivity contribution in [2.75, 3.05) is 24.6 Å². The number of hydrogen-bond acceptors (Lipinski definition) is 3. The summed E-state index contributed by atoms with van der Waals surface area (Å²) in [6.45, 7) is 1.51. The van der Waals surface area contributed by atoms with Crippen LogP contribution in [0.3, 0.4) is 0 Å². The van der Waals surface area contributed by atoms with E-state index >= 15 is 0 Å². The van der Waals surface area contributed by atoms with Crippen molar-refractivity contribution in [2.45, 2.75) is 18.4 Å². The molecule has 1 N–H and O–H groups in total. The Kier molecular flexibility index (Phi) is 4.22. The van der Waals surface area contributed by atoms with E-state index in [-0.39, 0.29) is 12.1 Å². The zero-order valence-corrected chi connectivity index (χ0v) is 14.6. The van der Waals surface area contributed by atoms with Gasteiger partial charge in [0.15, 0.2) is 0 Å². The Bertz CT molecular complexity index is 744. The average molecular weight is 342 g/mol. The normalized spacial score (nSPS) is 22.6. The lowest BCUT2D eigenvalue weighted by Gasteiger charge is -2.36. The molecule has 1 saturated heterocycles. The van der Waals surface area contributed by atoms with Crippen molar-refractivity contribution < 1.29 is 4.79 Å². The number of carbonyl (C=O) groups excluding carboxylic acids is 1. The number of aromatic nitrogens is 2. The second kappa shape index (κ2) is 6.51. The number of benzene rings is 1. The first-order valence-corrected chi connectivity index (χ1v) is 9.56. The average Bonchev–Trinajstić information content (AvgIpc) is 3.02. The topological polar surface area (TPSA) is 50.2 Å². The van der Waals surface area contributed by atoms with E-state index < -0.39 is 0 Å². The highest BCUT2D eigenvalue weighted by atomic mass is 32.2. The highest BCUT2D eigenvalue weighted by molar-refractivity contribution is 7.99. The molecule has 1 aliphatic carbocycles. The van der Waals surface area contributed by atoms with Crippen LogP contribution in [0.1, 0.15) is 28.7 Å². The van der Waals surface area contributed by atoms with E-state index in [1.807, 2.05) is 36.1 Å². The molecular formula is C18H22N4OS. The third-order valence-electron chi connectivity index (χ3n) is 4.96. The minimum atomic E-state index is 0.0496. The largest absolute Gasteiger partial charge is 0.337 e. The Morgan fingerprint density at radius 2 is 2.29 bits per heavy atom. The molecule has 0 unspecified atom stereocenters. The monoisotopic (exact) mass is 342 g/mol. The van der Waals surface area contributed by atoms with Crippen molar-refractivity contribution in [3.8, 4) is 0 Å². The number of nitrogens with zero attached hydrogens (tertiary/aromatic N) is 3. The van der Waals surface area contributed by atoms with Gasteiger partial charge in [-0.25, -0.2) is 4.79 Å². The van der Waals surface area contributed by atoms with Gasteiger partial charge in [0.1, 0.15) is 0 Å². The lowest BCUT2D eigenvalue weighted by molar-refractivity contribution is 0.181. The van der Waals surface area contributed by atoms with E-state index in [2.05, 4.69) is 34.7 Å². The van der Waals surface area contributed by atoms with E-state index in [1.54, 1.807) is 4.68 Å². The summed E-state index contributed by atoms with van der Waals surface area (Å²) in [4.78, 5) is 14.7. The number of amides is 2. The lowest BCUT2D eigenvalue weighted by Crippen LogP contribution is -2.47. The summed E-state index contributed by atoms with van der Waals surface area (Å²) in [6.07, 6.45) is 4.95. The van der Waals surface area contributed by atoms with Gasteiger partial charge in [-0.2, -0.15) is 16.9 Å². The molecule has 2 aromatic rings. The van der Waals surface area contributed by atoms with E-state index in [1.165, 1.54) is 11.1 Å². The molecule has 2 aliphatic rings. The van der Waals surface area contributed by atoms with Crippen LogP contribution in [0.15, 0.2) is 36.7 Å². The number of aryl methyl sites for hydroxylation is 1. The summed E-state index contributed by atoms with van der Waals surface area (Å²) in [5, 5.41) is 7.41. The second-order valence-corrected chi connectivity index (χ2v) is 7.67. The third-order valence-corrected chi connectivity index (χ3v) is 5.98. The number of hydrogen-bond donors (Lipinski definition) is 1. The molecule has 0 spiro atoms. The molecular weight excluding hydrogens is 320 g/mol. The molecule has 4 rings (SSSR count). The molecule has 1 aromatic heterocycles. The van der Waals surface area contributed by atoms with Crippen LogP contribution >= 0.6 is 11.8 Å². The smallest absolute Gasteiger partial charge is 0.317 e. The van der Waals surface area contributed by atoms with E-state index in [9.17, 15) is 4.79 Å². The summed E-state index contributed by atoms with van der Waals surface area (Å²) in [6, 6.07) is 8.67. The van der Waals surface area contributed by atoms with Gasteiger partial charge < -0.3 is 10.2 Å². The highest BCUT2D eigenvalue weighted by Crippen LogP contribution is 2.34. The van der Waals surface area contributed by atoms with Crippen molar-refractivity contribution >= 4 is 17.8 Å². The molecule has 0 bridgehead atoms. The first-order chi connectivity index (χ1) is 11.7. The van der Waals surface area contributed by atoms with Crippen LogP contribution in [-0.4, -0.2) is 45.3 Å². The molecule has 2 heterocycles. The van der Waals surface area contributed by atoms with Crippen LogP contribution in [-0.2, 0) is 13.5 Å². The van der Waals surface area contributed by atoms with Crippen LogP contribution in [0.5, 0.6) is 0 Å². The maximum absolute atomic E-state index is 12.7. The van der Waals surface area contributed by atoms with Gasteiger partial charge in [0.2, 0.25) is 0 Å². The highest BCUT2D eigenvalue weighted by Gasteiger charge is 2.31. The maximum atomic E-state index is 12.7. The van der Waals surface area contributed by atoms with Crippen LogP contribution in [0.25, 0.3) is 0 Å². The van der Waals surface area contributed by atoms with Gasteiger partial charge in [0.25, 0.3) is 0 Å². The zero-order valence-electron chi connectivity index (χ0n) is 13.8. The summed E-state index contributed by atoms with van der Waals surface area (Å²) in [5.74, 6) is 2.39. The van der Waals surface area contributed by atoms with Gasteiger partial charge >= 0.3 is 6.03 Å². The summed E-state index contributed by atoms with van der Waals surface area (Å²) < 4.78 is 1.80. The molecule has 126 valence electrons. The molecule has 0 saturated carbocycles. The minimum Gasteiger partial charge on any atom is -0.337 e. The molecule has 0 radical (unpaired) electrons. The molecule has 1 fully saturated rings. The number of thioether (sulfide) groups is 1. The van der Waals surface area contributed by atoms with Crippen molar-refractivity contribution in [1.82, 2.24) is 20.0 Å². The van der Waals surface area contributed by atoms with Gasteiger partial charge in [-0.1, -0.05) is 24.3 Å². The predicted octanol–water partition coefficient (Wildman–Crippen LogP) is 2.56. The number of nitrogens with one attached hydrogen (secondary N) is 1. The van der Waals surface area contributed by atoms with Crippen LogP contribution in [0.2, 0.25) is 0 Å². The second-order valence-electron chi connectivity index (χ2n) is 6.52. The lowest BCUT2D eigenvalue weighted by atomic mass is 9.78. The van der Waals surface area contributed by atoms with Crippen LogP contribution in [0.4, 0.5) is 4.79 Å². The van der Waals surface area contributed by atoms with Crippen LogP contribution in [0, 0.1) is 0 Å². The van der Waals surface area contributed by atoms with E-state index in [0.29, 0.717) is 5.92 Å². The Morgan fingerprint density at radius 3 is 3.08 bits per heavy atom. The van der Waals surface area contributed by atoms with Crippen molar-refractivity contribution in [2.24, 2.45) is 7.05 Å². The van der Waals surface area contributed by atoms with Gasteiger partial charge in [0, 0.05) is 49.3 Å². The number of rotatable bonds is 3. The summed E-state index contributed by atoms with van der Waals surface area (Å²) in [5.41, 5.74) is 3.92. The fourth-order valence-corrected chi connectivity index (χ4v) is 4.68. The quantitative estimate of drug-likeness (QED) is 0.933. The van der Waals surface area contributed by atoms with E-state index in [0.717, 1.165) is 36.6 Å². The Morgan fingerprint density at radius 1 is 1.42 bits per heavy atom. The van der Waals surface area contributed by atoms with Crippen LogP contribution < -0.4 is 5.32 Å². The fourth-order valence-electron chi connectivity index (χ4n) is 3.59. The molecule has 5 nitrogen and oxygen atoms in total. The summed E-state index contributed by atoms with van der Waals surface area (Å²) in [7, 11) is 1.91. The first-order valence-electron chi connectivity index (χ1n) is 8.41. The standard InChI is InChI=1S/C18H22N4OS/c1-21-11-15(10-20-21)17-12-24-7-6-22(17)18(23)19-9-14-8-13-4-2-3-5-16(13)14/h2-5,10-11,14,17H,6-9,12H2,1H3,(H,19,23)/t14-,17-/m1/s1.